The zero-order valence-electron chi connectivity index (χ0n) is 16.1. The smallest absolute Gasteiger partial charge is 0.238 e. The second-order valence-electron chi connectivity index (χ2n) is 7.27. The van der Waals surface area contributed by atoms with Crippen LogP contribution >= 0.6 is 0 Å². The van der Waals surface area contributed by atoms with Crippen molar-refractivity contribution in [2.24, 2.45) is 0 Å². The van der Waals surface area contributed by atoms with Crippen molar-refractivity contribution in [3.63, 3.8) is 0 Å². The lowest BCUT2D eigenvalue weighted by Gasteiger charge is -2.39. The number of fused-ring (bicyclic) bond motifs is 2. The van der Waals surface area contributed by atoms with E-state index in [1.807, 2.05) is 30.1 Å². The highest BCUT2D eigenvalue weighted by Gasteiger charge is 2.51. The highest BCUT2D eigenvalue weighted by molar-refractivity contribution is 6.08. The maximum Gasteiger partial charge on any atom is 0.238 e. The Morgan fingerprint density at radius 3 is 2.78 bits per heavy atom. The van der Waals surface area contributed by atoms with Crippen LogP contribution in [0, 0.1) is 0 Å². The van der Waals surface area contributed by atoms with E-state index >= 15 is 0 Å². The summed E-state index contributed by atoms with van der Waals surface area (Å²) in [6.45, 7) is 2.25. The van der Waals surface area contributed by atoms with E-state index in [9.17, 15) is 4.79 Å². The molecule has 1 fully saturated rings. The van der Waals surface area contributed by atoms with Gasteiger partial charge in [-0.3, -0.25) is 14.7 Å². The number of piperidine rings is 1. The van der Waals surface area contributed by atoms with Crippen molar-refractivity contribution in [3.8, 4) is 11.5 Å². The predicted molar refractivity (Wildman–Crippen MR) is 103 cm³/mol. The van der Waals surface area contributed by atoms with Gasteiger partial charge in [-0.05, 0) is 31.0 Å². The molecular weight excluding hydrogens is 342 g/mol. The van der Waals surface area contributed by atoms with E-state index < -0.39 is 5.41 Å². The normalized spacial score (nSPS) is 22.2. The quantitative estimate of drug-likeness (QED) is 0.831. The Hall–Kier alpha value is -2.60. The number of hydrogen-bond acceptors (Lipinski definition) is 5. The molecule has 1 saturated heterocycles. The summed E-state index contributed by atoms with van der Waals surface area (Å²) in [5.74, 6) is 1.53. The van der Waals surface area contributed by atoms with Gasteiger partial charge in [-0.25, -0.2) is 0 Å². The number of aromatic nitrogens is 1. The minimum Gasteiger partial charge on any atom is -0.493 e. The summed E-state index contributed by atoms with van der Waals surface area (Å²) in [6, 6.07) is 9.95. The third-order valence-electron chi connectivity index (χ3n) is 5.81. The van der Waals surface area contributed by atoms with Crippen LogP contribution in [0.25, 0.3) is 0 Å². The molecule has 3 heterocycles. The average Bonchev–Trinajstić information content (AvgIpc) is 2.90. The number of likely N-dealkylation sites (N-methyl/N-ethyl adjacent to an activating group) is 1. The fourth-order valence-electron chi connectivity index (χ4n) is 4.57. The molecule has 1 atom stereocenters. The Morgan fingerprint density at radius 2 is 2.00 bits per heavy atom. The fourth-order valence-corrected chi connectivity index (χ4v) is 4.57. The van der Waals surface area contributed by atoms with Crippen LogP contribution in [0.3, 0.4) is 0 Å². The number of pyridine rings is 1. The summed E-state index contributed by atoms with van der Waals surface area (Å²) in [6.07, 6.45) is 3.59. The summed E-state index contributed by atoms with van der Waals surface area (Å²) in [5, 5.41) is 0. The van der Waals surface area contributed by atoms with Gasteiger partial charge in [-0.15, -0.1) is 0 Å². The lowest BCUT2D eigenvalue weighted by atomic mass is 9.75. The molecule has 6 nitrogen and oxygen atoms in total. The first-order chi connectivity index (χ1) is 13.1. The van der Waals surface area contributed by atoms with Crippen LogP contribution < -0.4 is 14.4 Å². The third-order valence-corrected chi connectivity index (χ3v) is 5.81. The Kier molecular flexibility index (Phi) is 4.52. The number of anilines is 1. The standard InChI is InChI=1S/C21H25N3O3/c1-23-17-8-5-4-7-15(17)21(20(23)25)10-6-12-24(14-21)13-16-19(27-3)18(26-2)9-11-22-16/h4-5,7-9,11H,6,10,12-14H2,1-3H3/t21-/m0/s1. The zero-order valence-corrected chi connectivity index (χ0v) is 16.1. The molecule has 27 heavy (non-hydrogen) atoms. The van der Waals surface area contributed by atoms with Crippen molar-refractivity contribution < 1.29 is 14.3 Å². The minimum absolute atomic E-state index is 0.193. The van der Waals surface area contributed by atoms with Gasteiger partial charge in [0.25, 0.3) is 0 Å². The molecule has 1 aromatic carbocycles. The summed E-state index contributed by atoms with van der Waals surface area (Å²) in [4.78, 5) is 21.8. The lowest BCUT2D eigenvalue weighted by molar-refractivity contribution is -0.125. The fraction of sp³-hybridized carbons (Fsp3) is 0.429. The third kappa shape index (κ3) is 2.75. The number of methoxy groups -OCH3 is 2. The van der Waals surface area contributed by atoms with Gasteiger partial charge in [0.05, 0.1) is 19.6 Å². The molecule has 1 amide bonds. The molecule has 4 rings (SSSR count). The number of ether oxygens (including phenoxy) is 2. The van der Waals surface area contributed by atoms with E-state index in [0.29, 0.717) is 24.6 Å². The maximum absolute atomic E-state index is 13.2. The van der Waals surface area contributed by atoms with Crippen molar-refractivity contribution in [2.75, 3.05) is 39.3 Å². The summed E-state index contributed by atoms with van der Waals surface area (Å²) in [7, 11) is 5.13. The number of rotatable bonds is 4. The van der Waals surface area contributed by atoms with Crippen molar-refractivity contribution in [1.82, 2.24) is 9.88 Å². The van der Waals surface area contributed by atoms with Crippen molar-refractivity contribution >= 4 is 11.6 Å². The van der Waals surface area contributed by atoms with E-state index in [2.05, 4.69) is 16.0 Å². The highest BCUT2D eigenvalue weighted by atomic mass is 16.5. The van der Waals surface area contributed by atoms with Gasteiger partial charge >= 0.3 is 0 Å². The maximum atomic E-state index is 13.2. The number of likely N-dealkylation sites (tertiary alicyclic amines) is 1. The number of amides is 1. The van der Waals surface area contributed by atoms with Crippen molar-refractivity contribution in [3.05, 3.63) is 47.8 Å². The number of hydrogen-bond donors (Lipinski definition) is 0. The lowest BCUT2D eigenvalue weighted by Crippen LogP contribution is -2.51. The zero-order chi connectivity index (χ0) is 19.0. The molecular formula is C21H25N3O3. The topological polar surface area (TPSA) is 54.9 Å². The van der Waals surface area contributed by atoms with Gasteiger partial charge in [0.15, 0.2) is 11.5 Å². The van der Waals surface area contributed by atoms with E-state index in [1.54, 1.807) is 26.5 Å². The molecule has 0 bridgehead atoms. The van der Waals surface area contributed by atoms with Crippen LogP contribution in [0.1, 0.15) is 24.1 Å². The van der Waals surface area contributed by atoms with Crippen LogP contribution in [0.5, 0.6) is 11.5 Å². The van der Waals surface area contributed by atoms with Crippen LogP contribution in [-0.4, -0.2) is 50.1 Å². The van der Waals surface area contributed by atoms with E-state index in [-0.39, 0.29) is 5.91 Å². The molecule has 0 radical (unpaired) electrons. The number of benzene rings is 1. The Labute approximate surface area is 159 Å². The number of carbonyl (C=O) groups excluding carboxylic acids is 1. The van der Waals surface area contributed by atoms with Crippen LogP contribution in [0.2, 0.25) is 0 Å². The van der Waals surface area contributed by atoms with Gasteiger partial charge in [-0.1, -0.05) is 18.2 Å². The second-order valence-corrected chi connectivity index (χ2v) is 7.27. The number of para-hydroxylation sites is 1. The molecule has 0 N–H and O–H groups in total. The summed E-state index contributed by atoms with van der Waals surface area (Å²) < 4.78 is 10.9. The molecule has 0 saturated carbocycles. The molecule has 1 spiro atoms. The molecule has 2 aliphatic rings. The number of nitrogens with zero attached hydrogens (tertiary/aromatic N) is 3. The second kappa shape index (κ2) is 6.85. The first-order valence-electron chi connectivity index (χ1n) is 9.26. The van der Waals surface area contributed by atoms with E-state index in [4.69, 9.17) is 9.47 Å². The van der Waals surface area contributed by atoms with Crippen molar-refractivity contribution in [2.45, 2.75) is 24.8 Å². The van der Waals surface area contributed by atoms with Crippen LogP contribution in [-0.2, 0) is 16.8 Å². The molecule has 2 aromatic rings. The summed E-state index contributed by atoms with van der Waals surface area (Å²) >= 11 is 0. The average molecular weight is 367 g/mol. The van der Waals surface area contributed by atoms with Crippen LogP contribution in [0.4, 0.5) is 5.69 Å². The van der Waals surface area contributed by atoms with Gasteiger partial charge in [0, 0.05) is 38.1 Å². The van der Waals surface area contributed by atoms with Crippen molar-refractivity contribution in [1.29, 1.82) is 0 Å². The molecule has 6 heteroatoms. The Bertz CT molecular complexity index is 870. The largest absolute Gasteiger partial charge is 0.493 e. The monoisotopic (exact) mass is 367 g/mol. The van der Waals surface area contributed by atoms with Crippen LogP contribution in [0.15, 0.2) is 36.5 Å². The first kappa shape index (κ1) is 17.8. The van der Waals surface area contributed by atoms with Gasteiger partial charge in [0.1, 0.15) is 5.69 Å². The molecule has 142 valence electrons. The minimum atomic E-state index is -0.463. The van der Waals surface area contributed by atoms with Gasteiger partial charge in [0.2, 0.25) is 5.91 Å². The number of carbonyl (C=O) groups is 1. The highest BCUT2D eigenvalue weighted by Crippen LogP contribution is 2.46. The molecule has 0 unspecified atom stereocenters. The summed E-state index contributed by atoms with van der Waals surface area (Å²) in [5.41, 5.74) is 2.55. The van der Waals surface area contributed by atoms with E-state index in [1.165, 1.54) is 0 Å². The Balaban J connectivity index is 1.64. The molecule has 0 aliphatic carbocycles. The molecule has 2 aliphatic heterocycles. The van der Waals surface area contributed by atoms with Gasteiger partial charge in [-0.2, -0.15) is 0 Å². The van der Waals surface area contributed by atoms with E-state index in [0.717, 1.165) is 36.3 Å². The van der Waals surface area contributed by atoms with Gasteiger partial charge < -0.3 is 14.4 Å². The first-order valence-corrected chi connectivity index (χ1v) is 9.26. The molecule has 1 aromatic heterocycles. The predicted octanol–water partition coefficient (Wildman–Crippen LogP) is 2.61. The Morgan fingerprint density at radius 1 is 1.19 bits per heavy atom. The SMILES string of the molecule is COc1ccnc(CN2CCC[C@@]3(C2)C(=O)N(C)c2ccccc23)c1OC.